The summed E-state index contributed by atoms with van der Waals surface area (Å²) in [4.78, 5) is 26.9. The molecule has 0 saturated carbocycles. The van der Waals surface area contributed by atoms with Gasteiger partial charge in [-0.25, -0.2) is 5.48 Å². The minimum absolute atomic E-state index is 0.136. The predicted molar refractivity (Wildman–Crippen MR) is 61.5 cm³/mol. The van der Waals surface area contributed by atoms with Crippen molar-refractivity contribution in [2.75, 3.05) is 13.2 Å². The first-order valence-electron chi connectivity index (χ1n) is 5.77. The van der Waals surface area contributed by atoms with Crippen molar-refractivity contribution < 1.29 is 14.4 Å². The summed E-state index contributed by atoms with van der Waals surface area (Å²) in [6.45, 7) is 6.44. The maximum Gasteiger partial charge on any atom is 0.248 e. The minimum Gasteiger partial charge on any atom is -0.354 e. The molecule has 2 amide bonds. The van der Waals surface area contributed by atoms with Crippen LogP contribution < -0.4 is 10.8 Å². The summed E-state index contributed by atoms with van der Waals surface area (Å²) in [5.41, 5.74) is 2.25. The number of hydrogen-bond donors (Lipinski definition) is 2. The number of carbonyl (C=O) groups is 2. The van der Waals surface area contributed by atoms with Gasteiger partial charge in [-0.3, -0.25) is 14.4 Å². The highest BCUT2D eigenvalue weighted by atomic mass is 16.7. The van der Waals surface area contributed by atoms with Crippen molar-refractivity contribution in [1.29, 1.82) is 0 Å². The van der Waals surface area contributed by atoms with Crippen molar-refractivity contribution in [3.8, 4) is 0 Å². The van der Waals surface area contributed by atoms with Gasteiger partial charge in [0.15, 0.2) is 6.61 Å². The predicted octanol–water partition coefficient (Wildman–Crippen LogP) is 0.997. The van der Waals surface area contributed by atoms with Crippen molar-refractivity contribution in [2.24, 2.45) is 5.92 Å². The van der Waals surface area contributed by atoms with E-state index in [1.165, 1.54) is 0 Å². The first-order chi connectivity index (χ1) is 7.60. The van der Waals surface area contributed by atoms with E-state index in [9.17, 15) is 9.59 Å². The van der Waals surface area contributed by atoms with Gasteiger partial charge in [-0.05, 0) is 19.3 Å². The van der Waals surface area contributed by atoms with Crippen molar-refractivity contribution in [2.45, 2.75) is 40.0 Å². The molecule has 0 aliphatic carbocycles. The van der Waals surface area contributed by atoms with E-state index in [2.05, 4.69) is 24.6 Å². The number of amides is 2. The molecule has 0 aromatic heterocycles. The highest BCUT2D eigenvalue weighted by molar-refractivity contribution is 5.78. The summed E-state index contributed by atoms with van der Waals surface area (Å²) >= 11 is 0. The second-order valence-corrected chi connectivity index (χ2v) is 3.82. The lowest BCUT2D eigenvalue weighted by molar-refractivity contribution is -0.139. The second-order valence-electron chi connectivity index (χ2n) is 3.82. The monoisotopic (exact) mass is 230 g/mol. The molecule has 2 N–H and O–H groups in total. The standard InChI is InChI=1S/C11H22N2O3/c1-4-9(3)6-7-10(14)13-16-8-11(15)12-5-2/h9H,4-8H2,1-3H3,(H,12,15)(H,13,14). The van der Waals surface area contributed by atoms with E-state index in [1.54, 1.807) is 0 Å². The zero-order valence-electron chi connectivity index (χ0n) is 10.3. The molecule has 0 aliphatic rings. The van der Waals surface area contributed by atoms with Crippen LogP contribution in [0.2, 0.25) is 0 Å². The summed E-state index contributed by atoms with van der Waals surface area (Å²) in [6, 6.07) is 0. The number of nitrogens with one attached hydrogen (secondary N) is 2. The largest absolute Gasteiger partial charge is 0.354 e. The molecule has 16 heavy (non-hydrogen) atoms. The molecule has 0 radical (unpaired) electrons. The van der Waals surface area contributed by atoms with Gasteiger partial charge in [0, 0.05) is 13.0 Å². The van der Waals surface area contributed by atoms with Crippen molar-refractivity contribution >= 4 is 11.8 Å². The lowest BCUT2D eigenvalue weighted by Crippen LogP contribution is -2.32. The van der Waals surface area contributed by atoms with Crippen LogP contribution in [0.25, 0.3) is 0 Å². The van der Waals surface area contributed by atoms with Crippen LogP contribution in [0.15, 0.2) is 0 Å². The van der Waals surface area contributed by atoms with Gasteiger partial charge in [-0.2, -0.15) is 0 Å². The first-order valence-corrected chi connectivity index (χ1v) is 5.77. The van der Waals surface area contributed by atoms with Gasteiger partial charge in [0.25, 0.3) is 0 Å². The Bertz CT molecular complexity index is 219. The lowest BCUT2D eigenvalue weighted by atomic mass is 10.0. The topological polar surface area (TPSA) is 67.4 Å². The number of hydrogen-bond acceptors (Lipinski definition) is 3. The fourth-order valence-electron chi connectivity index (χ4n) is 1.06. The summed E-state index contributed by atoms with van der Waals surface area (Å²) in [5.74, 6) is 0.128. The molecule has 0 aliphatic heterocycles. The highest BCUT2D eigenvalue weighted by Crippen LogP contribution is 2.08. The Morgan fingerprint density at radius 2 is 1.94 bits per heavy atom. The third kappa shape index (κ3) is 8.23. The highest BCUT2D eigenvalue weighted by Gasteiger charge is 2.06. The van der Waals surface area contributed by atoms with E-state index in [1.807, 2.05) is 6.92 Å². The molecule has 0 bridgehead atoms. The molecule has 0 rings (SSSR count). The van der Waals surface area contributed by atoms with Crippen LogP contribution in [0.5, 0.6) is 0 Å². The van der Waals surface area contributed by atoms with Crippen LogP contribution in [-0.2, 0) is 14.4 Å². The average molecular weight is 230 g/mol. The molecule has 94 valence electrons. The zero-order chi connectivity index (χ0) is 12.4. The van der Waals surface area contributed by atoms with Gasteiger partial charge in [0.05, 0.1) is 0 Å². The van der Waals surface area contributed by atoms with Crippen LogP contribution in [0, 0.1) is 5.92 Å². The quantitative estimate of drug-likeness (QED) is 0.611. The van der Waals surface area contributed by atoms with E-state index < -0.39 is 0 Å². The van der Waals surface area contributed by atoms with Crippen molar-refractivity contribution in [3.05, 3.63) is 0 Å². The summed E-state index contributed by atoms with van der Waals surface area (Å²) < 4.78 is 0. The Hall–Kier alpha value is -1.10. The van der Waals surface area contributed by atoms with Crippen LogP contribution in [-0.4, -0.2) is 25.0 Å². The average Bonchev–Trinajstić information content (AvgIpc) is 2.26. The van der Waals surface area contributed by atoms with Crippen LogP contribution in [0.1, 0.15) is 40.0 Å². The zero-order valence-corrected chi connectivity index (χ0v) is 10.3. The molecular formula is C11H22N2O3. The SMILES string of the molecule is CCNC(=O)CONC(=O)CCC(C)CC. The minimum atomic E-state index is -0.232. The van der Waals surface area contributed by atoms with Crippen molar-refractivity contribution in [3.63, 3.8) is 0 Å². The van der Waals surface area contributed by atoms with Gasteiger partial charge in [-0.1, -0.05) is 20.3 Å². The van der Waals surface area contributed by atoms with Gasteiger partial charge in [0.1, 0.15) is 0 Å². The van der Waals surface area contributed by atoms with E-state index in [-0.39, 0.29) is 18.4 Å². The molecule has 5 nitrogen and oxygen atoms in total. The number of hydroxylamine groups is 1. The second kappa shape index (κ2) is 9.15. The normalized spacial score (nSPS) is 11.9. The molecular weight excluding hydrogens is 208 g/mol. The third-order valence-electron chi connectivity index (χ3n) is 2.32. The fraction of sp³-hybridized carbons (Fsp3) is 0.818. The van der Waals surface area contributed by atoms with Gasteiger partial charge >= 0.3 is 0 Å². The van der Waals surface area contributed by atoms with Crippen molar-refractivity contribution in [1.82, 2.24) is 10.8 Å². The van der Waals surface area contributed by atoms with Crippen LogP contribution in [0.4, 0.5) is 0 Å². The molecule has 1 atom stereocenters. The van der Waals surface area contributed by atoms with Gasteiger partial charge in [-0.15, -0.1) is 0 Å². The third-order valence-corrected chi connectivity index (χ3v) is 2.32. The molecule has 1 unspecified atom stereocenters. The Morgan fingerprint density at radius 3 is 2.50 bits per heavy atom. The number of likely N-dealkylation sites (N-methyl/N-ethyl adjacent to an activating group) is 1. The fourth-order valence-corrected chi connectivity index (χ4v) is 1.06. The van der Waals surface area contributed by atoms with E-state index in [0.29, 0.717) is 18.9 Å². The number of rotatable bonds is 8. The van der Waals surface area contributed by atoms with E-state index in [4.69, 9.17) is 4.84 Å². The maximum atomic E-state index is 11.2. The Morgan fingerprint density at radius 1 is 1.25 bits per heavy atom. The van der Waals surface area contributed by atoms with Crippen LogP contribution in [0.3, 0.4) is 0 Å². The van der Waals surface area contributed by atoms with Gasteiger partial charge < -0.3 is 5.32 Å². The molecule has 0 spiro atoms. The number of carbonyl (C=O) groups excluding carboxylic acids is 2. The lowest BCUT2D eigenvalue weighted by Gasteiger charge is -2.08. The summed E-state index contributed by atoms with van der Waals surface area (Å²) in [5, 5.41) is 2.56. The Balaban J connectivity index is 3.47. The van der Waals surface area contributed by atoms with Gasteiger partial charge in [0.2, 0.25) is 11.8 Å². The smallest absolute Gasteiger partial charge is 0.248 e. The maximum absolute atomic E-state index is 11.2. The van der Waals surface area contributed by atoms with E-state index >= 15 is 0 Å². The molecule has 0 aromatic rings. The molecule has 0 fully saturated rings. The van der Waals surface area contributed by atoms with Crippen LogP contribution >= 0.6 is 0 Å². The molecule has 5 heteroatoms. The molecule has 0 heterocycles. The molecule has 0 saturated heterocycles. The van der Waals surface area contributed by atoms with E-state index in [0.717, 1.165) is 12.8 Å². The first kappa shape index (κ1) is 14.9. The summed E-state index contributed by atoms with van der Waals surface area (Å²) in [7, 11) is 0. The Kier molecular flexibility index (Phi) is 8.52. The molecule has 0 aromatic carbocycles. The summed E-state index contributed by atoms with van der Waals surface area (Å²) in [6.07, 6.45) is 2.34. The Labute approximate surface area is 96.9 Å².